The first kappa shape index (κ1) is 21.9. The highest BCUT2D eigenvalue weighted by Crippen LogP contribution is 2.39. The van der Waals surface area contributed by atoms with E-state index in [0.717, 1.165) is 48.2 Å². The molecule has 4 N–H and O–H groups in total. The number of carbonyl (C=O) groups is 1. The van der Waals surface area contributed by atoms with Crippen LogP contribution in [0.25, 0.3) is 16.5 Å². The second-order valence-electron chi connectivity index (χ2n) is 8.85. The molecule has 1 fully saturated rings. The van der Waals surface area contributed by atoms with Crippen molar-refractivity contribution in [3.05, 3.63) is 70.1 Å². The van der Waals surface area contributed by atoms with Gasteiger partial charge < -0.3 is 20.7 Å². The topological polar surface area (TPSA) is 130 Å². The molecule has 0 saturated carbocycles. The lowest BCUT2D eigenvalue weighted by Gasteiger charge is -2.31. The van der Waals surface area contributed by atoms with Crippen LogP contribution in [0.5, 0.6) is 0 Å². The van der Waals surface area contributed by atoms with Gasteiger partial charge in [-0.15, -0.1) is 0 Å². The van der Waals surface area contributed by atoms with Gasteiger partial charge in [0.15, 0.2) is 0 Å². The summed E-state index contributed by atoms with van der Waals surface area (Å²) in [5.41, 5.74) is 3.75. The number of anilines is 1. The highest BCUT2D eigenvalue weighted by atomic mass is 79.9. The van der Waals surface area contributed by atoms with E-state index in [1.54, 1.807) is 12.4 Å². The fourth-order valence-electron chi connectivity index (χ4n) is 4.79. The van der Waals surface area contributed by atoms with Crippen molar-refractivity contribution < 1.29 is 9.90 Å². The SMILES string of the molecule is N=C1C(c2cccc3[nH]ncc23)=CC(Br)=C2N=C(c3ccc(N4CCC(O)CC4)nc3)NC(=O)C12. The van der Waals surface area contributed by atoms with E-state index in [1.165, 1.54) is 0 Å². The van der Waals surface area contributed by atoms with E-state index in [2.05, 4.69) is 41.3 Å². The van der Waals surface area contributed by atoms with Crippen molar-refractivity contribution in [1.82, 2.24) is 20.5 Å². The van der Waals surface area contributed by atoms with E-state index < -0.39 is 5.92 Å². The van der Waals surface area contributed by atoms with E-state index in [-0.39, 0.29) is 17.7 Å². The summed E-state index contributed by atoms with van der Waals surface area (Å²) in [6.07, 6.45) is 6.49. The zero-order valence-electron chi connectivity index (χ0n) is 18.6. The summed E-state index contributed by atoms with van der Waals surface area (Å²) in [5.74, 6) is 0.128. The Kier molecular flexibility index (Phi) is 5.34. The number of hydrogen-bond acceptors (Lipinski definition) is 7. The Morgan fingerprint density at radius 3 is 2.74 bits per heavy atom. The number of piperidine rings is 1. The molecule has 1 amide bonds. The van der Waals surface area contributed by atoms with Crippen molar-refractivity contribution in [2.45, 2.75) is 18.9 Å². The molecule has 6 rings (SSSR count). The number of fused-ring (bicyclic) bond motifs is 2. The maximum atomic E-state index is 13.2. The number of aliphatic hydroxyl groups is 1. The van der Waals surface area contributed by atoms with Crippen LogP contribution in [0.2, 0.25) is 0 Å². The van der Waals surface area contributed by atoms with Gasteiger partial charge in [0.25, 0.3) is 0 Å². The van der Waals surface area contributed by atoms with Crippen LogP contribution in [0.3, 0.4) is 0 Å². The minimum absolute atomic E-state index is 0.193. The molecule has 9 nitrogen and oxygen atoms in total. The lowest BCUT2D eigenvalue weighted by Crippen LogP contribution is -2.45. The van der Waals surface area contributed by atoms with Crippen LogP contribution < -0.4 is 10.2 Å². The fraction of sp³-hybridized carbons (Fsp3) is 0.240. The van der Waals surface area contributed by atoms with Crippen molar-refractivity contribution in [2.24, 2.45) is 10.9 Å². The number of halogens is 1. The van der Waals surface area contributed by atoms with Gasteiger partial charge in [-0.05, 0) is 58.6 Å². The molecule has 35 heavy (non-hydrogen) atoms. The second kappa shape index (κ2) is 8.54. The predicted molar refractivity (Wildman–Crippen MR) is 138 cm³/mol. The van der Waals surface area contributed by atoms with Gasteiger partial charge in [0.2, 0.25) is 5.91 Å². The Bertz CT molecular complexity index is 1450. The van der Waals surface area contributed by atoms with Gasteiger partial charge >= 0.3 is 0 Å². The van der Waals surface area contributed by atoms with Crippen molar-refractivity contribution in [3.63, 3.8) is 0 Å². The molecule has 2 aromatic heterocycles. The molecule has 1 unspecified atom stereocenters. The highest BCUT2D eigenvalue weighted by molar-refractivity contribution is 9.11. The molecule has 3 aromatic rings. The average molecular weight is 532 g/mol. The summed E-state index contributed by atoms with van der Waals surface area (Å²) in [7, 11) is 0. The van der Waals surface area contributed by atoms with Crippen LogP contribution in [0.1, 0.15) is 24.0 Å². The number of nitrogens with zero attached hydrogens (tertiary/aromatic N) is 4. The Labute approximate surface area is 209 Å². The summed E-state index contributed by atoms with van der Waals surface area (Å²) < 4.78 is 0.665. The minimum atomic E-state index is -0.817. The molecule has 1 aromatic carbocycles. The number of carbonyl (C=O) groups excluding carboxylic acids is 1. The van der Waals surface area contributed by atoms with Crippen molar-refractivity contribution >= 4 is 55.7 Å². The number of allylic oxidation sites excluding steroid dienone is 3. The van der Waals surface area contributed by atoms with Gasteiger partial charge in [-0.2, -0.15) is 5.10 Å². The van der Waals surface area contributed by atoms with E-state index in [0.29, 0.717) is 27.2 Å². The molecule has 1 atom stereocenters. The number of nitrogens with one attached hydrogen (secondary N) is 3. The van der Waals surface area contributed by atoms with Crippen molar-refractivity contribution in [2.75, 3.05) is 18.0 Å². The van der Waals surface area contributed by atoms with Crippen LogP contribution in [0.15, 0.2) is 64.0 Å². The first-order chi connectivity index (χ1) is 17.0. The lowest BCUT2D eigenvalue weighted by atomic mass is 9.83. The molecule has 0 bridgehead atoms. The molecule has 3 aliphatic rings. The monoisotopic (exact) mass is 531 g/mol. The zero-order valence-corrected chi connectivity index (χ0v) is 20.2. The molecule has 4 heterocycles. The molecular formula is C25H22BrN7O2. The third kappa shape index (κ3) is 3.78. The van der Waals surface area contributed by atoms with Crippen LogP contribution in [0, 0.1) is 11.3 Å². The van der Waals surface area contributed by atoms with Gasteiger partial charge in [-0.25, -0.2) is 9.98 Å². The van der Waals surface area contributed by atoms with Crippen molar-refractivity contribution in [1.29, 1.82) is 5.41 Å². The first-order valence-corrected chi connectivity index (χ1v) is 12.2. The maximum absolute atomic E-state index is 13.2. The van der Waals surface area contributed by atoms with E-state index in [9.17, 15) is 9.90 Å². The number of H-pyrrole nitrogens is 1. The largest absolute Gasteiger partial charge is 0.393 e. The zero-order chi connectivity index (χ0) is 24.1. The van der Waals surface area contributed by atoms with Gasteiger partial charge in [0.05, 0.1) is 29.2 Å². The number of hydrogen-bond donors (Lipinski definition) is 4. The minimum Gasteiger partial charge on any atom is -0.393 e. The molecule has 0 spiro atoms. The summed E-state index contributed by atoms with van der Waals surface area (Å²) in [6, 6.07) is 9.54. The second-order valence-corrected chi connectivity index (χ2v) is 9.70. The van der Waals surface area contributed by atoms with E-state index >= 15 is 0 Å². The number of aliphatic hydroxyl groups excluding tert-OH is 1. The van der Waals surface area contributed by atoms with Gasteiger partial charge in [-0.1, -0.05) is 12.1 Å². The summed E-state index contributed by atoms with van der Waals surface area (Å²) in [6.45, 7) is 1.52. The number of aromatic nitrogens is 3. The summed E-state index contributed by atoms with van der Waals surface area (Å²) in [4.78, 5) is 24.6. The molecule has 176 valence electrons. The smallest absolute Gasteiger partial charge is 0.240 e. The number of benzene rings is 1. The summed E-state index contributed by atoms with van der Waals surface area (Å²) in [5, 5.41) is 29.4. The molecule has 2 aliphatic heterocycles. The van der Waals surface area contributed by atoms with Crippen LogP contribution >= 0.6 is 15.9 Å². The third-order valence-corrected chi connectivity index (χ3v) is 7.32. The van der Waals surface area contributed by atoms with Crippen molar-refractivity contribution in [3.8, 4) is 0 Å². The average Bonchev–Trinajstić information content (AvgIpc) is 3.36. The highest BCUT2D eigenvalue weighted by Gasteiger charge is 2.38. The molecular weight excluding hydrogens is 510 g/mol. The Morgan fingerprint density at radius 1 is 1.14 bits per heavy atom. The Hall–Kier alpha value is -3.63. The number of pyridine rings is 1. The number of amidine groups is 1. The van der Waals surface area contributed by atoms with Crippen LogP contribution in [-0.2, 0) is 4.79 Å². The number of aliphatic imine (C=N–C) groups is 1. The normalized spacial score (nSPS) is 21.1. The number of aromatic amines is 1. The van der Waals surface area contributed by atoms with Crippen LogP contribution in [0.4, 0.5) is 5.82 Å². The first-order valence-electron chi connectivity index (χ1n) is 11.4. The predicted octanol–water partition coefficient (Wildman–Crippen LogP) is 3.14. The fourth-order valence-corrected chi connectivity index (χ4v) is 5.34. The molecule has 0 radical (unpaired) electrons. The van der Waals surface area contributed by atoms with Gasteiger partial charge in [0, 0.05) is 40.3 Å². The van der Waals surface area contributed by atoms with E-state index in [4.69, 9.17) is 10.4 Å². The van der Waals surface area contributed by atoms with Gasteiger partial charge in [-0.3, -0.25) is 9.89 Å². The maximum Gasteiger partial charge on any atom is 0.240 e. The number of rotatable bonds is 3. The Balaban J connectivity index is 1.34. The van der Waals surface area contributed by atoms with Gasteiger partial charge in [0.1, 0.15) is 17.6 Å². The van der Waals surface area contributed by atoms with E-state index in [1.807, 2.05) is 36.4 Å². The third-order valence-electron chi connectivity index (χ3n) is 6.69. The molecule has 1 aliphatic carbocycles. The van der Waals surface area contributed by atoms with Crippen LogP contribution in [-0.4, -0.2) is 56.9 Å². The lowest BCUT2D eigenvalue weighted by molar-refractivity contribution is -0.121. The standard InChI is InChI=1S/C25H22BrN7O2/c26-18-10-16(15-2-1-3-19-17(15)12-29-32-19)22(27)21-23(18)30-24(31-25(21)35)13-4-5-20(28-11-13)33-8-6-14(34)7-9-33/h1-5,10-12,14,21,27,34H,6-9H2,(H,29,32)(H,30,31,35). The molecule has 10 heteroatoms. The number of amides is 1. The molecule has 1 saturated heterocycles. The quantitative estimate of drug-likeness (QED) is 0.412. The Morgan fingerprint density at radius 2 is 1.97 bits per heavy atom. The summed E-state index contributed by atoms with van der Waals surface area (Å²) >= 11 is 3.60.